The monoisotopic (exact) mass is 452 g/mol. The van der Waals surface area contributed by atoms with Crippen LogP contribution in [0, 0.1) is 13.8 Å². The fraction of sp³-hybridized carbons (Fsp3) is 0.208. The van der Waals surface area contributed by atoms with E-state index in [1.807, 2.05) is 73.9 Å². The van der Waals surface area contributed by atoms with Gasteiger partial charge >= 0.3 is 11.8 Å². The number of nitrogens with zero attached hydrogens (tertiary/aromatic N) is 2. The number of aromatic nitrogens is 1. The van der Waals surface area contributed by atoms with Crippen LogP contribution in [0.3, 0.4) is 0 Å². The molecule has 3 aromatic rings. The zero-order valence-electron chi connectivity index (χ0n) is 18.3. The van der Waals surface area contributed by atoms with Gasteiger partial charge in [0, 0.05) is 22.6 Å². The van der Waals surface area contributed by atoms with Crippen LogP contribution in [0.15, 0.2) is 59.7 Å². The van der Waals surface area contributed by atoms with Crippen LogP contribution in [0.5, 0.6) is 5.75 Å². The van der Waals surface area contributed by atoms with E-state index >= 15 is 0 Å². The molecule has 8 heteroatoms. The number of ether oxygens (including phenoxy) is 1. The Kier molecular flexibility index (Phi) is 7.33. The van der Waals surface area contributed by atoms with Crippen LogP contribution in [0.2, 0.25) is 5.02 Å². The van der Waals surface area contributed by atoms with Gasteiger partial charge in [0.2, 0.25) is 0 Å². The highest BCUT2D eigenvalue weighted by Gasteiger charge is 2.17. The predicted molar refractivity (Wildman–Crippen MR) is 126 cm³/mol. The number of hydrogen-bond donors (Lipinski definition) is 2. The summed E-state index contributed by atoms with van der Waals surface area (Å²) in [6.07, 6.45) is 1.51. The summed E-state index contributed by atoms with van der Waals surface area (Å²) >= 11 is 6.26. The molecule has 0 aliphatic rings. The van der Waals surface area contributed by atoms with Crippen molar-refractivity contribution in [1.82, 2.24) is 15.3 Å². The molecular formula is C24H25ClN4O3. The van der Waals surface area contributed by atoms with E-state index in [9.17, 15) is 9.59 Å². The van der Waals surface area contributed by atoms with E-state index in [-0.39, 0.29) is 6.04 Å². The summed E-state index contributed by atoms with van der Waals surface area (Å²) in [5.74, 6) is -0.987. The van der Waals surface area contributed by atoms with E-state index in [1.54, 1.807) is 13.2 Å². The second-order valence-corrected chi connectivity index (χ2v) is 7.69. The summed E-state index contributed by atoms with van der Waals surface area (Å²) < 4.78 is 7.23. The van der Waals surface area contributed by atoms with E-state index in [2.05, 4.69) is 15.8 Å². The summed E-state index contributed by atoms with van der Waals surface area (Å²) in [6.45, 7) is 5.70. The van der Waals surface area contributed by atoms with Gasteiger partial charge in [0.15, 0.2) is 0 Å². The molecule has 0 saturated carbocycles. The molecule has 0 unspecified atom stereocenters. The van der Waals surface area contributed by atoms with Crippen LogP contribution in [-0.2, 0) is 9.59 Å². The Balaban J connectivity index is 1.67. The van der Waals surface area contributed by atoms with Crippen LogP contribution < -0.4 is 15.5 Å². The van der Waals surface area contributed by atoms with Gasteiger partial charge in [-0.25, -0.2) is 5.43 Å². The smallest absolute Gasteiger partial charge is 0.329 e. The molecule has 0 spiro atoms. The maximum atomic E-state index is 12.1. The molecule has 0 fully saturated rings. The average molecular weight is 453 g/mol. The molecule has 2 aromatic carbocycles. The fourth-order valence-electron chi connectivity index (χ4n) is 3.41. The predicted octanol–water partition coefficient (Wildman–Crippen LogP) is 4.08. The Labute approximate surface area is 192 Å². The number of carbonyl (C=O) groups is 2. The van der Waals surface area contributed by atoms with Gasteiger partial charge in [0.05, 0.1) is 24.4 Å². The quantitative estimate of drug-likeness (QED) is 0.335. The van der Waals surface area contributed by atoms with Crippen LogP contribution in [0.25, 0.3) is 5.69 Å². The summed E-state index contributed by atoms with van der Waals surface area (Å²) in [6, 6.07) is 16.6. The molecule has 0 radical (unpaired) electrons. The van der Waals surface area contributed by atoms with Crippen molar-refractivity contribution in [2.45, 2.75) is 26.8 Å². The molecule has 7 nitrogen and oxygen atoms in total. The third-order valence-corrected chi connectivity index (χ3v) is 5.38. The van der Waals surface area contributed by atoms with Crippen molar-refractivity contribution in [3.8, 4) is 11.4 Å². The number of halogens is 1. The topological polar surface area (TPSA) is 84.7 Å². The number of carbonyl (C=O) groups excluding carboxylic acids is 2. The van der Waals surface area contributed by atoms with Gasteiger partial charge < -0.3 is 14.6 Å². The maximum Gasteiger partial charge on any atom is 0.329 e. The van der Waals surface area contributed by atoms with E-state index < -0.39 is 11.8 Å². The SMILES string of the molecule is COc1ccc(-n2c(C)cc(/C=N\NC(=O)C(=O)N[C@@H](C)c3ccccc3)c2C)cc1Cl. The van der Waals surface area contributed by atoms with Gasteiger partial charge in [-0.1, -0.05) is 41.9 Å². The van der Waals surface area contributed by atoms with Crippen LogP contribution in [-0.4, -0.2) is 29.7 Å². The molecule has 1 heterocycles. The molecule has 2 amide bonds. The van der Waals surface area contributed by atoms with Crippen molar-refractivity contribution in [1.29, 1.82) is 0 Å². The van der Waals surface area contributed by atoms with Crippen LogP contribution in [0.1, 0.15) is 35.5 Å². The standard InChI is InChI=1S/C24H25ClN4O3/c1-15-12-19(17(3)29(15)20-10-11-22(32-4)21(25)13-20)14-26-28-24(31)23(30)27-16(2)18-8-6-5-7-9-18/h5-14,16H,1-4H3,(H,27,30)(H,28,31)/b26-14-/t16-/m0/s1. The number of rotatable bonds is 6. The van der Waals surface area contributed by atoms with Crippen LogP contribution >= 0.6 is 11.6 Å². The zero-order valence-corrected chi connectivity index (χ0v) is 19.1. The minimum atomic E-state index is -0.834. The van der Waals surface area contributed by atoms with Crippen LogP contribution in [0.4, 0.5) is 0 Å². The molecule has 0 bridgehead atoms. The lowest BCUT2D eigenvalue weighted by Gasteiger charge is -2.13. The number of nitrogens with one attached hydrogen (secondary N) is 2. The molecule has 0 saturated heterocycles. The highest BCUT2D eigenvalue weighted by molar-refractivity contribution is 6.35. The van der Waals surface area contributed by atoms with E-state index in [1.165, 1.54) is 6.21 Å². The summed E-state index contributed by atoms with van der Waals surface area (Å²) in [7, 11) is 1.57. The van der Waals surface area contributed by atoms with Gasteiger partial charge in [0.1, 0.15) is 5.75 Å². The molecule has 0 aliphatic carbocycles. The number of aryl methyl sites for hydroxylation is 1. The molecule has 1 aromatic heterocycles. The molecular weight excluding hydrogens is 428 g/mol. The lowest BCUT2D eigenvalue weighted by atomic mass is 10.1. The lowest BCUT2D eigenvalue weighted by molar-refractivity contribution is -0.139. The van der Waals surface area contributed by atoms with E-state index in [0.717, 1.165) is 28.2 Å². The molecule has 0 aliphatic heterocycles. The number of hydrogen-bond acceptors (Lipinski definition) is 4. The summed E-state index contributed by atoms with van der Waals surface area (Å²) in [5.41, 5.74) is 6.73. The zero-order chi connectivity index (χ0) is 23.3. The Morgan fingerprint density at radius 2 is 1.81 bits per heavy atom. The first-order valence-electron chi connectivity index (χ1n) is 10.0. The first kappa shape index (κ1) is 23.1. The Bertz CT molecular complexity index is 1160. The molecule has 32 heavy (non-hydrogen) atoms. The Morgan fingerprint density at radius 1 is 1.09 bits per heavy atom. The second-order valence-electron chi connectivity index (χ2n) is 7.29. The number of benzene rings is 2. The van der Waals surface area contributed by atoms with Gasteiger partial charge in [0.25, 0.3) is 0 Å². The molecule has 1 atom stereocenters. The number of amides is 2. The van der Waals surface area contributed by atoms with Gasteiger partial charge in [-0.15, -0.1) is 0 Å². The van der Waals surface area contributed by atoms with Crippen molar-refractivity contribution < 1.29 is 14.3 Å². The van der Waals surface area contributed by atoms with Crippen molar-refractivity contribution in [2.24, 2.45) is 5.10 Å². The first-order chi connectivity index (χ1) is 15.3. The summed E-state index contributed by atoms with van der Waals surface area (Å²) in [5, 5.41) is 7.12. The maximum absolute atomic E-state index is 12.1. The third-order valence-electron chi connectivity index (χ3n) is 5.09. The first-order valence-corrected chi connectivity index (χ1v) is 10.4. The molecule has 3 rings (SSSR count). The van der Waals surface area contributed by atoms with E-state index in [0.29, 0.717) is 10.8 Å². The average Bonchev–Trinajstić information content (AvgIpc) is 3.07. The van der Waals surface area contributed by atoms with Crippen molar-refractivity contribution in [3.63, 3.8) is 0 Å². The van der Waals surface area contributed by atoms with Gasteiger partial charge in [-0.3, -0.25) is 9.59 Å². The Morgan fingerprint density at radius 3 is 2.47 bits per heavy atom. The van der Waals surface area contributed by atoms with Crippen molar-refractivity contribution in [3.05, 3.63) is 82.1 Å². The van der Waals surface area contributed by atoms with Gasteiger partial charge in [-0.05, 0) is 50.6 Å². The minimum Gasteiger partial charge on any atom is -0.495 e. The largest absolute Gasteiger partial charge is 0.495 e. The molecule has 166 valence electrons. The Hall–Kier alpha value is -3.58. The fourth-order valence-corrected chi connectivity index (χ4v) is 3.66. The number of hydrazone groups is 1. The van der Waals surface area contributed by atoms with Crippen molar-refractivity contribution in [2.75, 3.05) is 7.11 Å². The third kappa shape index (κ3) is 5.18. The minimum absolute atomic E-state index is 0.298. The second kappa shape index (κ2) is 10.2. The van der Waals surface area contributed by atoms with Gasteiger partial charge in [-0.2, -0.15) is 5.10 Å². The van der Waals surface area contributed by atoms with Crippen molar-refractivity contribution >= 4 is 29.6 Å². The van der Waals surface area contributed by atoms with E-state index in [4.69, 9.17) is 16.3 Å². The lowest BCUT2D eigenvalue weighted by Crippen LogP contribution is -2.39. The summed E-state index contributed by atoms with van der Waals surface area (Å²) in [4.78, 5) is 24.2. The molecule has 2 N–H and O–H groups in total. The normalized spacial score (nSPS) is 11.9. The highest BCUT2D eigenvalue weighted by atomic mass is 35.5. The number of methoxy groups -OCH3 is 1. The highest BCUT2D eigenvalue weighted by Crippen LogP contribution is 2.28.